The summed E-state index contributed by atoms with van der Waals surface area (Å²) in [5.41, 5.74) is 0.257. The predicted octanol–water partition coefficient (Wildman–Crippen LogP) is 3.76. The number of carbonyl (C=O) groups excluding carboxylic acids is 1. The van der Waals surface area contributed by atoms with Crippen molar-refractivity contribution in [2.24, 2.45) is 5.92 Å². The fourth-order valence-corrected chi connectivity index (χ4v) is 4.64. The molecule has 162 valence electrons. The number of halogens is 4. The Morgan fingerprint density at radius 3 is 2.30 bits per heavy atom. The van der Waals surface area contributed by atoms with Crippen LogP contribution in [0.2, 0.25) is 0 Å². The second kappa shape index (κ2) is 8.60. The molecule has 1 heterocycles. The van der Waals surface area contributed by atoms with Gasteiger partial charge in [-0.2, -0.15) is 4.31 Å². The number of benzene rings is 2. The number of sulfonamides is 1. The van der Waals surface area contributed by atoms with Gasteiger partial charge in [-0.25, -0.2) is 12.8 Å². The average Bonchev–Trinajstić information content (AvgIpc) is 2.69. The van der Waals surface area contributed by atoms with Gasteiger partial charge >= 0.3 is 6.36 Å². The lowest BCUT2D eigenvalue weighted by atomic mass is 9.99. The van der Waals surface area contributed by atoms with E-state index in [-0.39, 0.29) is 23.7 Å². The van der Waals surface area contributed by atoms with E-state index in [1.807, 2.05) is 0 Å². The summed E-state index contributed by atoms with van der Waals surface area (Å²) in [6.07, 6.45) is -3.90. The third-order valence-corrected chi connectivity index (χ3v) is 6.44. The Hall–Kier alpha value is -2.66. The number of amides is 1. The number of rotatable bonds is 5. The first-order valence-electron chi connectivity index (χ1n) is 8.97. The molecule has 30 heavy (non-hydrogen) atoms. The molecule has 0 radical (unpaired) electrons. The minimum Gasteiger partial charge on any atom is -0.406 e. The van der Waals surface area contributed by atoms with Gasteiger partial charge in [-0.05, 0) is 61.4 Å². The summed E-state index contributed by atoms with van der Waals surface area (Å²) >= 11 is 0. The molecule has 11 heteroatoms. The molecule has 0 aliphatic carbocycles. The van der Waals surface area contributed by atoms with Crippen LogP contribution in [0, 0.1) is 11.7 Å². The molecule has 1 aliphatic heterocycles. The van der Waals surface area contributed by atoms with E-state index < -0.39 is 39.8 Å². The van der Waals surface area contributed by atoms with Crippen LogP contribution in [0.3, 0.4) is 0 Å². The lowest BCUT2D eigenvalue weighted by Crippen LogP contribution is -2.43. The van der Waals surface area contributed by atoms with Crippen molar-refractivity contribution >= 4 is 21.6 Å². The van der Waals surface area contributed by atoms with Crippen molar-refractivity contribution in [3.63, 3.8) is 0 Å². The van der Waals surface area contributed by atoms with Gasteiger partial charge in [0, 0.05) is 18.8 Å². The van der Waals surface area contributed by atoms with Crippen LogP contribution in [0.1, 0.15) is 12.8 Å². The van der Waals surface area contributed by atoms with Crippen LogP contribution in [0.4, 0.5) is 23.2 Å². The molecule has 0 unspecified atom stereocenters. The van der Waals surface area contributed by atoms with Crippen LogP contribution >= 0.6 is 0 Å². The molecule has 6 nitrogen and oxygen atoms in total. The van der Waals surface area contributed by atoms with E-state index in [0.29, 0.717) is 12.8 Å². The Kier molecular flexibility index (Phi) is 6.32. The van der Waals surface area contributed by atoms with Gasteiger partial charge in [0.25, 0.3) is 0 Å². The average molecular weight is 446 g/mol. The highest BCUT2D eigenvalue weighted by Gasteiger charge is 2.34. The normalized spacial score (nSPS) is 18.1. The standard InChI is InChI=1S/C19H18F4N2O4S/c20-14-3-9-17(10-4-14)30(27,28)25-11-1-2-13(12-25)18(26)24-15-5-7-16(8-6-15)29-19(21,22)23/h3-10,13H,1-2,11-12H2,(H,24,26)/t13-/m1/s1. The Morgan fingerprint density at radius 2 is 1.70 bits per heavy atom. The third kappa shape index (κ3) is 5.48. The molecule has 0 bridgehead atoms. The number of ether oxygens (including phenoxy) is 1. The maximum absolute atomic E-state index is 13.1. The SMILES string of the molecule is O=C(Nc1ccc(OC(F)(F)F)cc1)[C@@H]1CCCN(S(=O)(=O)c2ccc(F)cc2)C1. The van der Waals surface area contributed by atoms with Crippen LogP contribution in [0.5, 0.6) is 5.75 Å². The number of piperidine rings is 1. The van der Waals surface area contributed by atoms with Crippen molar-refractivity contribution in [3.05, 3.63) is 54.3 Å². The zero-order valence-electron chi connectivity index (χ0n) is 15.5. The second-order valence-electron chi connectivity index (χ2n) is 6.72. The van der Waals surface area contributed by atoms with Gasteiger partial charge in [0.1, 0.15) is 11.6 Å². The van der Waals surface area contributed by atoms with Crippen molar-refractivity contribution in [3.8, 4) is 5.75 Å². The fourth-order valence-electron chi connectivity index (χ4n) is 3.11. The Bertz CT molecular complexity index is 993. The molecule has 0 aromatic heterocycles. The molecule has 1 fully saturated rings. The van der Waals surface area contributed by atoms with E-state index in [1.165, 1.54) is 28.6 Å². The Labute approximate surface area is 170 Å². The predicted molar refractivity (Wildman–Crippen MR) is 99.6 cm³/mol. The molecule has 0 spiro atoms. The molecule has 1 N–H and O–H groups in total. The number of nitrogens with one attached hydrogen (secondary N) is 1. The van der Waals surface area contributed by atoms with E-state index in [9.17, 15) is 30.8 Å². The molecule has 1 atom stereocenters. The highest BCUT2D eigenvalue weighted by atomic mass is 32.2. The van der Waals surface area contributed by atoms with Gasteiger partial charge in [0.05, 0.1) is 10.8 Å². The van der Waals surface area contributed by atoms with Crippen molar-refractivity contribution in [2.75, 3.05) is 18.4 Å². The number of anilines is 1. The van der Waals surface area contributed by atoms with Crippen LogP contribution < -0.4 is 10.1 Å². The van der Waals surface area contributed by atoms with E-state index >= 15 is 0 Å². The van der Waals surface area contributed by atoms with Gasteiger partial charge in [-0.3, -0.25) is 4.79 Å². The Balaban J connectivity index is 1.65. The minimum absolute atomic E-state index is 0.0548. The molecule has 0 saturated carbocycles. The van der Waals surface area contributed by atoms with Gasteiger partial charge < -0.3 is 10.1 Å². The summed E-state index contributed by atoms with van der Waals surface area (Å²) < 4.78 is 80.1. The smallest absolute Gasteiger partial charge is 0.406 e. The van der Waals surface area contributed by atoms with Crippen LogP contribution in [0.25, 0.3) is 0 Å². The van der Waals surface area contributed by atoms with Crippen molar-refractivity contribution in [1.29, 1.82) is 0 Å². The summed E-state index contributed by atoms with van der Waals surface area (Å²) in [5.74, 6) is -2.06. The molecule has 1 saturated heterocycles. The van der Waals surface area contributed by atoms with E-state index in [4.69, 9.17) is 0 Å². The largest absolute Gasteiger partial charge is 0.573 e. The molecular formula is C19H18F4N2O4S. The minimum atomic E-state index is -4.81. The first kappa shape index (κ1) is 22.0. The highest BCUT2D eigenvalue weighted by Crippen LogP contribution is 2.27. The van der Waals surface area contributed by atoms with Crippen molar-refractivity contribution < 1.29 is 35.5 Å². The van der Waals surface area contributed by atoms with Crippen LogP contribution in [-0.4, -0.2) is 38.1 Å². The summed E-state index contributed by atoms with van der Waals surface area (Å²) in [5, 5.41) is 2.57. The van der Waals surface area contributed by atoms with E-state index in [1.54, 1.807) is 0 Å². The molecule has 2 aromatic rings. The van der Waals surface area contributed by atoms with E-state index in [0.717, 1.165) is 24.3 Å². The first-order valence-corrected chi connectivity index (χ1v) is 10.4. The quantitative estimate of drug-likeness (QED) is 0.710. The van der Waals surface area contributed by atoms with Gasteiger partial charge in [-0.1, -0.05) is 0 Å². The summed E-state index contributed by atoms with van der Waals surface area (Å²) in [6.45, 7) is 0.174. The number of hydrogen-bond donors (Lipinski definition) is 1. The number of hydrogen-bond acceptors (Lipinski definition) is 4. The highest BCUT2D eigenvalue weighted by molar-refractivity contribution is 7.89. The summed E-state index contributed by atoms with van der Waals surface area (Å²) in [6, 6.07) is 9.08. The monoisotopic (exact) mass is 446 g/mol. The second-order valence-corrected chi connectivity index (χ2v) is 8.66. The third-order valence-electron chi connectivity index (χ3n) is 4.56. The van der Waals surface area contributed by atoms with Crippen LogP contribution in [0.15, 0.2) is 53.4 Å². The zero-order valence-corrected chi connectivity index (χ0v) is 16.3. The van der Waals surface area contributed by atoms with Crippen LogP contribution in [-0.2, 0) is 14.8 Å². The fraction of sp³-hybridized carbons (Fsp3) is 0.316. The van der Waals surface area contributed by atoms with Crippen molar-refractivity contribution in [1.82, 2.24) is 4.31 Å². The lowest BCUT2D eigenvalue weighted by molar-refractivity contribution is -0.274. The maximum atomic E-state index is 13.1. The molecular weight excluding hydrogens is 428 g/mol. The van der Waals surface area contributed by atoms with Gasteiger partial charge in [-0.15, -0.1) is 13.2 Å². The molecule has 1 amide bonds. The summed E-state index contributed by atoms with van der Waals surface area (Å²) in [7, 11) is -3.88. The van der Waals surface area contributed by atoms with Gasteiger partial charge in [0.15, 0.2) is 0 Å². The summed E-state index contributed by atoms with van der Waals surface area (Å²) in [4.78, 5) is 12.5. The molecule has 1 aliphatic rings. The van der Waals surface area contributed by atoms with Crippen molar-refractivity contribution in [2.45, 2.75) is 24.1 Å². The topological polar surface area (TPSA) is 75.7 Å². The van der Waals surface area contributed by atoms with Gasteiger partial charge in [0.2, 0.25) is 15.9 Å². The molecule has 2 aromatic carbocycles. The number of nitrogens with zero attached hydrogens (tertiary/aromatic N) is 1. The number of carbonyl (C=O) groups is 1. The Morgan fingerprint density at radius 1 is 1.07 bits per heavy atom. The zero-order chi connectivity index (χ0) is 21.9. The first-order chi connectivity index (χ1) is 14.0. The molecule has 3 rings (SSSR count). The lowest BCUT2D eigenvalue weighted by Gasteiger charge is -2.31. The maximum Gasteiger partial charge on any atom is 0.573 e. The van der Waals surface area contributed by atoms with E-state index in [2.05, 4.69) is 10.1 Å². The number of alkyl halides is 3.